The van der Waals surface area contributed by atoms with Crippen molar-refractivity contribution in [3.05, 3.63) is 17.8 Å². The number of aromatic nitrogens is 1. The Bertz CT molecular complexity index is 443. The molecule has 0 bridgehead atoms. The molecule has 16 heavy (non-hydrogen) atoms. The van der Waals surface area contributed by atoms with Crippen molar-refractivity contribution in [1.82, 2.24) is 4.98 Å². The molecule has 0 spiro atoms. The predicted octanol–water partition coefficient (Wildman–Crippen LogP) is 1.57. The summed E-state index contributed by atoms with van der Waals surface area (Å²) in [6, 6.07) is 1.84. The Kier molecular flexibility index (Phi) is 2.26. The monoisotopic (exact) mass is 221 g/mol. The van der Waals surface area contributed by atoms with E-state index < -0.39 is 5.97 Å². The van der Waals surface area contributed by atoms with Crippen molar-refractivity contribution in [3.63, 3.8) is 0 Å². The summed E-state index contributed by atoms with van der Waals surface area (Å²) in [5.74, 6) is -0.458. The molecule has 1 heterocycles. The first-order valence-corrected chi connectivity index (χ1v) is 5.15. The van der Waals surface area contributed by atoms with Gasteiger partial charge in [-0.25, -0.2) is 9.78 Å². The molecule has 1 aromatic rings. The summed E-state index contributed by atoms with van der Waals surface area (Å²) in [4.78, 5) is 14.9. The fourth-order valence-corrected chi connectivity index (χ4v) is 1.62. The Labute approximate surface area is 93.7 Å². The van der Waals surface area contributed by atoms with Crippen molar-refractivity contribution >= 4 is 17.5 Å². The summed E-state index contributed by atoms with van der Waals surface area (Å²) in [5, 5.41) is 12.1. The first-order chi connectivity index (χ1) is 7.40. The molecule has 0 radical (unpaired) electrons. The third-order valence-electron chi connectivity index (χ3n) is 3.00. The van der Waals surface area contributed by atoms with Crippen LogP contribution in [0.5, 0.6) is 0 Å². The maximum atomic E-state index is 10.9. The number of hydrogen-bond acceptors (Lipinski definition) is 4. The van der Waals surface area contributed by atoms with Crippen LogP contribution >= 0.6 is 0 Å². The van der Waals surface area contributed by atoms with Gasteiger partial charge in [0.1, 0.15) is 5.82 Å². The number of nitrogens with two attached hydrogens (primary N) is 1. The van der Waals surface area contributed by atoms with Gasteiger partial charge in [-0.2, -0.15) is 0 Å². The Morgan fingerprint density at radius 2 is 2.31 bits per heavy atom. The second-order valence-electron chi connectivity index (χ2n) is 4.85. The number of carboxylic acids is 1. The molecule has 1 aromatic heterocycles. The van der Waals surface area contributed by atoms with Gasteiger partial charge in [-0.15, -0.1) is 0 Å². The molecule has 1 fully saturated rings. The lowest BCUT2D eigenvalue weighted by molar-refractivity contribution is 0.0698. The topological polar surface area (TPSA) is 88.2 Å². The summed E-state index contributed by atoms with van der Waals surface area (Å²) in [5.41, 5.74) is 6.07. The van der Waals surface area contributed by atoms with Gasteiger partial charge in [-0.1, -0.05) is 13.8 Å². The zero-order chi connectivity index (χ0) is 11.9. The molecule has 0 aromatic carbocycles. The minimum atomic E-state index is -1.03. The molecule has 1 aliphatic carbocycles. The molecule has 5 heteroatoms. The predicted molar refractivity (Wildman–Crippen MR) is 61.4 cm³/mol. The van der Waals surface area contributed by atoms with Crippen LogP contribution < -0.4 is 11.1 Å². The number of carboxylic acid groups (broad SMARTS) is 1. The molecule has 0 aliphatic heterocycles. The summed E-state index contributed by atoms with van der Waals surface area (Å²) < 4.78 is 0. The highest BCUT2D eigenvalue weighted by atomic mass is 16.4. The largest absolute Gasteiger partial charge is 0.478 e. The average molecular weight is 221 g/mol. The fraction of sp³-hybridized carbons (Fsp3) is 0.455. The van der Waals surface area contributed by atoms with E-state index in [0.29, 0.717) is 11.9 Å². The first kappa shape index (κ1) is 10.7. The maximum Gasteiger partial charge on any atom is 0.337 e. The van der Waals surface area contributed by atoms with E-state index in [1.165, 1.54) is 12.3 Å². The summed E-state index contributed by atoms with van der Waals surface area (Å²) in [6.45, 7) is 4.31. The third-order valence-corrected chi connectivity index (χ3v) is 3.00. The highest BCUT2D eigenvalue weighted by molar-refractivity contribution is 5.94. The number of nitrogen functional groups attached to an aromatic ring is 1. The smallest absolute Gasteiger partial charge is 0.337 e. The van der Waals surface area contributed by atoms with Crippen molar-refractivity contribution in [3.8, 4) is 0 Å². The van der Waals surface area contributed by atoms with Crippen LogP contribution in [-0.4, -0.2) is 22.1 Å². The molecule has 86 valence electrons. The van der Waals surface area contributed by atoms with Crippen LogP contribution in [0.15, 0.2) is 12.3 Å². The standard InChI is InChI=1S/C11H15N3O2/c1-11(2)4-8(11)14-9-3-6(10(15)16)7(12)5-13-9/h3,5,8H,4,12H2,1-2H3,(H,13,14)(H,15,16). The van der Waals surface area contributed by atoms with Crippen molar-refractivity contribution in [2.24, 2.45) is 5.41 Å². The first-order valence-electron chi connectivity index (χ1n) is 5.15. The number of aromatic carboxylic acids is 1. The van der Waals surface area contributed by atoms with Gasteiger partial charge in [0.25, 0.3) is 0 Å². The molecule has 1 atom stereocenters. The molecule has 1 aliphatic rings. The van der Waals surface area contributed by atoms with Gasteiger partial charge in [0.05, 0.1) is 17.4 Å². The minimum Gasteiger partial charge on any atom is -0.478 e. The van der Waals surface area contributed by atoms with E-state index >= 15 is 0 Å². The van der Waals surface area contributed by atoms with Crippen LogP contribution in [-0.2, 0) is 0 Å². The van der Waals surface area contributed by atoms with E-state index in [2.05, 4.69) is 24.1 Å². The van der Waals surface area contributed by atoms with Gasteiger partial charge in [0.15, 0.2) is 0 Å². The van der Waals surface area contributed by atoms with Gasteiger partial charge in [-0.05, 0) is 17.9 Å². The lowest BCUT2D eigenvalue weighted by Crippen LogP contribution is -2.11. The average Bonchev–Trinajstić information content (AvgIpc) is 2.76. The quantitative estimate of drug-likeness (QED) is 0.721. The molecular formula is C11H15N3O2. The van der Waals surface area contributed by atoms with Crippen LogP contribution in [0, 0.1) is 5.41 Å². The van der Waals surface area contributed by atoms with Crippen molar-refractivity contribution in [2.45, 2.75) is 26.3 Å². The molecule has 0 amide bonds. The third kappa shape index (κ3) is 1.93. The molecule has 1 unspecified atom stereocenters. The molecule has 4 N–H and O–H groups in total. The molecular weight excluding hydrogens is 206 g/mol. The van der Waals surface area contributed by atoms with Crippen LogP contribution in [0.4, 0.5) is 11.5 Å². The fourth-order valence-electron chi connectivity index (χ4n) is 1.62. The van der Waals surface area contributed by atoms with E-state index in [0.717, 1.165) is 6.42 Å². The lowest BCUT2D eigenvalue weighted by Gasteiger charge is -2.08. The molecule has 2 rings (SSSR count). The number of pyridine rings is 1. The van der Waals surface area contributed by atoms with Crippen molar-refractivity contribution in [1.29, 1.82) is 0 Å². The normalized spacial score (nSPS) is 21.5. The Balaban J connectivity index is 2.17. The summed E-state index contributed by atoms with van der Waals surface area (Å²) in [7, 11) is 0. The summed E-state index contributed by atoms with van der Waals surface area (Å²) >= 11 is 0. The number of carbonyl (C=O) groups is 1. The maximum absolute atomic E-state index is 10.9. The molecule has 1 saturated carbocycles. The van der Waals surface area contributed by atoms with Crippen molar-refractivity contribution < 1.29 is 9.90 Å². The number of anilines is 2. The summed E-state index contributed by atoms with van der Waals surface area (Å²) in [6.07, 6.45) is 2.45. The van der Waals surface area contributed by atoms with E-state index in [1.807, 2.05) is 0 Å². The second kappa shape index (κ2) is 3.37. The van der Waals surface area contributed by atoms with Gasteiger partial charge in [-0.3, -0.25) is 0 Å². The number of hydrogen-bond donors (Lipinski definition) is 3. The van der Waals surface area contributed by atoms with Gasteiger partial charge in [0.2, 0.25) is 0 Å². The van der Waals surface area contributed by atoms with Crippen LogP contribution in [0.1, 0.15) is 30.6 Å². The van der Waals surface area contributed by atoms with E-state index in [-0.39, 0.29) is 16.7 Å². The minimum absolute atomic E-state index is 0.0935. The second-order valence-corrected chi connectivity index (χ2v) is 4.85. The Hall–Kier alpha value is -1.78. The van der Waals surface area contributed by atoms with Crippen LogP contribution in [0.25, 0.3) is 0 Å². The Morgan fingerprint density at radius 3 is 2.81 bits per heavy atom. The van der Waals surface area contributed by atoms with Crippen molar-refractivity contribution in [2.75, 3.05) is 11.1 Å². The number of rotatable bonds is 3. The van der Waals surface area contributed by atoms with Gasteiger partial charge >= 0.3 is 5.97 Å². The van der Waals surface area contributed by atoms with Crippen LogP contribution in [0.2, 0.25) is 0 Å². The molecule has 5 nitrogen and oxygen atoms in total. The van der Waals surface area contributed by atoms with E-state index in [4.69, 9.17) is 10.8 Å². The highest BCUT2D eigenvalue weighted by Crippen LogP contribution is 2.46. The number of nitrogens with one attached hydrogen (secondary N) is 1. The van der Waals surface area contributed by atoms with Gasteiger partial charge in [0, 0.05) is 6.04 Å². The van der Waals surface area contributed by atoms with E-state index in [9.17, 15) is 4.79 Å². The highest BCUT2D eigenvalue weighted by Gasteiger charge is 2.45. The van der Waals surface area contributed by atoms with Crippen LogP contribution in [0.3, 0.4) is 0 Å². The van der Waals surface area contributed by atoms with Gasteiger partial charge < -0.3 is 16.2 Å². The zero-order valence-corrected chi connectivity index (χ0v) is 9.32. The SMILES string of the molecule is CC1(C)CC1Nc1cc(C(=O)O)c(N)cn1. The zero-order valence-electron chi connectivity index (χ0n) is 9.32. The van der Waals surface area contributed by atoms with E-state index in [1.54, 1.807) is 0 Å². The number of nitrogens with zero attached hydrogens (tertiary/aromatic N) is 1. The Morgan fingerprint density at radius 1 is 1.69 bits per heavy atom. The lowest BCUT2D eigenvalue weighted by atomic mass is 10.2. The molecule has 0 saturated heterocycles.